The molecule has 0 saturated heterocycles. The van der Waals surface area contributed by atoms with Crippen molar-refractivity contribution in [1.29, 1.82) is 0 Å². The molecule has 0 aliphatic heterocycles. The monoisotopic (exact) mass is 263 g/mol. The number of nitrogens with two attached hydrogens (primary N) is 1. The third kappa shape index (κ3) is 4.91. The summed E-state index contributed by atoms with van der Waals surface area (Å²) in [5.41, 5.74) is 8.03. The molecule has 1 amide bonds. The average Bonchev–Trinajstić information content (AvgIpc) is 2.25. The second-order valence-corrected chi connectivity index (χ2v) is 5.72. The van der Waals surface area contributed by atoms with E-state index in [0.29, 0.717) is 17.2 Å². The number of nitrogens with one attached hydrogen (secondary N) is 1. The number of amides is 1. The predicted octanol–water partition coefficient (Wildman–Crippen LogP) is 1.89. The molecule has 106 valence electrons. The first-order valence-electron chi connectivity index (χ1n) is 6.62. The lowest BCUT2D eigenvalue weighted by atomic mass is 10.0. The number of carbonyl (C=O) groups excluding carboxylic acids is 1. The van der Waals surface area contributed by atoms with Crippen molar-refractivity contribution in [2.45, 2.75) is 26.8 Å². The van der Waals surface area contributed by atoms with Crippen LogP contribution in [-0.4, -0.2) is 37.5 Å². The van der Waals surface area contributed by atoms with E-state index < -0.39 is 0 Å². The number of nitrogen functional groups attached to an aromatic ring is 1. The Morgan fingerprint density at radius 3 is 2.42 bits per heavy atom. The molecule has 0 spiro atoms. The van der Waals surface area contributed by atoms with E-state index in [1.807, 2.05) is 33.2 Å². The highest BCUT2D eigenvalue weighted by atomic mass is 16.1. The quantitative estimate of drug-likeness (QED) is 0.798. The summed E-state index contributed by atoms with van der Waals surface area (Å²) in [6.07, 6.45) is 0. The van der Waals surface area contributed by atoms with Gasteiger partial charge in [0, 0.05) is 23.8 Å². The fourth-order valence-corrected chi connectivity index (χ4v) is 2.01. The standard InChI is InChI=1S/C15H25N3O/c1-10(2)14(9-18(4)5)17-15(19)12-6-11(3)7-13(16)8-12/h6-8,10,14H,9,16H2,1-5H3,(H,17,19). The van der Waals surface area contributed by atoms with E-state index in [9.17, 15) is 4.79 Å². The molecular weight excluding hydrogens is 238 g/mol. The molecule has 1 atom stereocenters. The summed E-state index contributed by atoms with van der Waals surface area (Å²) >= 11 is 0. The highest BCUT2D eigenvalue weighted by Gasteiger charge is 2.18. The van der Waals surface area contributed by atoms with Crippen LogP contribution in [-0.2, 0) is 0 Å². The summed E-state index contributed by atoms with van der Waals surface area (Å²) in [7, 11) is 4.01. The summed E-state index contributed by atoms with van der Waals surface area (Å²) in [5.74, 6) is 0.324. The molecule has 1 aromatic rings. The minimum atomic E-state index is -0.0593. The average molecular weight is 263 g/mol. The van der Waals surface area contributed by atoms with E-state index in [1.165, 1.54) is 0 Å². The summed E-state index contributed by atoms with van der Waals surface area (Å²) in [5, 5.41) is 3.08. The highest BCUT2D eigenvalue weighted by molar-refractivity contribution is 5.95. The van der Waals surface area contributed by atoms with Crippen LogP contribution in [0.3, 0.4) is 0 Å². The zero-order valence-corrected chi connectivity index (χ0v) is 12.5. The van der Waals surface area contributed by atoms with Gasteiger partial charge in [-0.15, -0.1) is 0 Å². The van der Waals surface area contributed by atoms with Crippen molar-refractivity contribution in [3.05, 3.63) is 29.3 Å². The number of likely N-dealkylation sites (N-methyl/N-ethyl adjacent to an activating group) is 1. The maximum Gasteiger partial charge on any atom is 0.251 e. The number of rotatable bonds is 5. The third-order valence-corrected chi connectivity index (χ3v) is 3.04. The molecule has 1 rings (SSSR count). The Bertz CT molecular complexity index is 421. The van der Waals surface area contributed by atoms with E-state index in [0.717, 1.165) is 12.1 Å². The first kappa shape index (κ1) is 15.5. The first-order chi connectivity index (χ1) is 8.79. The van der Waals surface area contributed by atoms with Crippen molar-refractivity contribution in [2.75, 3.05) is 26.4 Å². The van der Waals surface area contributed by atoms with Gasteiger partial charge in [0.2, 0.25) is 0 Å². The molecule has 19 heavy (non-hydrogen) atoms. The molecule has 0 aromatic heterocycles. The fraction of sp³-hybridized carbons (Fsp3) is 0.533. The number of carbonyl (C=O) groups is 1. The Hall–Kier alpha value is -1.55. The van der Waals surface area contributed by atoms with Gasteiger partial charge in [0.05, 0.1) is 0 Å². The molecule has 0 saturated carbocycles. The fourth-order valence-electron chi connectivity index (χ4n) is 2.01. The molecule has 4 heteroatoms. The van der Waals surface area contributed by atoms with E-state index in [1.54, 1.807) is 6.07 Å². The number of hydrogen-bond donors (Lipinski definition) is 2. The van der Waals surface area contributed by atoms with Gasteiger partial charge in [-0.1, -0.05) is 13.8 Å². The molecule has 0 aliphatic rings. The topological polar surface area (TPSA) is 58.4 Å². The molecule has 0 heterocycles. The SMILES string of the molecule is Cc1cc(N)cc(C(=O)NC(CN(C)C)C(C)C)c1. The molecule has 0 aliphatic carbocycles. The minimum absolute atomic E-state index is 0.0593. The molecular formula is C15H25N3O. The Kier molecular flexibility index (Phi) is 5.36. The van der Waals surface area contributed by atoms with Crippen molar-refractivity contribution in [1.82, 2.24) is 10.2 Å². The van der Waals surface area contributed by atoms with E-state index in [-0.39, 0.29) is 11.9 Å². The van der Waals surface area contributed by atoms with Crippen molar-refractivity contribution in [3.8, 4) is 0 Å². The lowest BCUT2D eigenvalue weighted by molar-refractivity contribution is 0.0916. The second kappa shape index (κ2) is 6.57. The number of hydrogen-bond acceptors (Lipinski definition) is 3. The predicted molar refractivity (Wildman–Crippen MR) is 80.2 cm³/mol. The summed E-state index contributed by atoms with van der Waals surface area (Å²) < 4.78 is 0. The summed E-state index contributed by atoms with van der Waals surface area (Å²) in [6, 6.07) is 5.56. The van der Waals surface area contributed by atoms with Crippen LogP contribution < -0.4 is 11.1 Å². The van der Waals surface area contributed by atoms with Gasteiger partial charge in [0.25, 0.3) is 5.91 Å². The van der Waals surface area contributed by atoms with Crippen LogP contribution in [0.15, 0.2) is 18.2 Å². The normalized spacial score (nSPS) is 12.8. The van der Waals surface area contributed by atoms with Crippen LogP contribution in [0.1, 0.15) is 29.8 Å². The first-order valence-corrected chi connectivity index (χ1v) is 6.62. The van der Waals surface area contributed by atoms with Crippen molar-refractivity contribution in [3.63, 3.8) is 0 Å². The maximum absolute atomic E-state index is 12.3. The van der Waals surface area contributed by atoms with Crippen molar-refractivity contribution < 1.29 is 4.79 Å². The molecule has 3 N–H and O–H groups in total. The van der Waals surface area contributed by atoms with E-state index >= 15 is 0 Å². The van der Waals surface area contributed by atoms with E-state index in [4.69, 9.17) is 5.73 Å². The van der Waals surface area contributed by atoms with Crippen LogP contribution in [0.25, 0.3) is 0 Å². The zero-order valence-electron chi connectivity index (χ0n) is 12.5. The summed E-state index contributed by atoms with van der Waals surface area (Å²) in [4.78, 5) is 14.3. The van der Waals surface area contributed by atoms with Gasteiger partial charge in [-0.2, -0.15) is 0 Å². The largest absolute Gasteiger partial charge is 0.399 e. The van der Waals surface area contributed by atoms with Crippen LogP contribution in [0, 0.1) is 12.8 Å². The van der Waals surface area contributed by atoms with E-state index in [2.05, 4.69) is 24.1 Å². The molecule has 1 unspecified atom stereocenters. The molecule has 0 fully saturated rings. The van der Waals surface area contributed by atoms with Crippen molar-refractivity contribution >= 4 is 11.6 Å². The van der Waals surface area contributed by atoms with Gasteiger partial charge >= 0.3 is 0 Å². The number of nitrogens with zero attached hydrogens (tertiary/aromatic N) is 1. The lowest BCUT2D eigenvalue weighted by Crippen LogP contribution is -2.45. The summed E-state index contributed by atoms with van der Waals surface area (Å²) in [6.45, 7) is 6.98. The van der Waals surface area contributed by atoms with Crippen LogP contribution in [0.2, 0.25) is 0 Å². The zero-order chi connectivity index (χ0) is 14.6. The van der Waals surface area contributed by atoms with Gasteiger partial charge < -0.3 is 16.0 Å². The maximum atomic E-state index is 12.3. The van der Waals surface area contributed by atoms with Gasteiger partial charge in [0.1, 0.15) is 0 Å². The van der Waals surface area contributed by atoms with Crippen LogP contribution in [0.4, 0.5) is 5.69 Å². The number of anilines is 1. The highest BCUT2D eigenvalue weighted by Crippen LogP contribution is 2.12. The van der Waals surface area contributed by atoms with Crippen LogP contribution >= 0.6 is 0 Å². The smallest absolute Gasteiger partial charge is 0.251 e. The van der Waals surface area contributed by atoms with Crippen molar-refractivity contribution in [2.24, 2.45) is 5.92 Å². The van der Waals surface area contributed by atoms with Gasteiger partial charge in [0.15, 0.2) is 0 Å². The molecule has 0 bridgehead atoms. The molecule has 1 aromatic carbocycles. The van der Waals surface area contributed by atoms with Crippen LogP contribution in [0.5, 0.6) is 0 Å². The Morgan fingerprint density at radius 2 is 1.95 bits per heavy atom. The van der Waals surface area contributed by atoms with Gasteiger partial charge in [-0.25, -0.2) is 0 Å². The van der Waals surface area contributed by atoms with Gasteiger partial charge in [-0.05, 0) is 50.7 Å². The Balaban J connectivity index is 2.81. The molecule has 4 nitrogen and oxygen atoms in total. The molecule has 0 radical (unpaired) electrons. The van der Waals surface area contributed by atoms with Gasteiger partial charge in [-0.3, -0.25) is 4.79 Å². The minimum Gasteiger partial charge on any atom is -0.399 e. The second-order valence-electron chi connectivity index (χ2n) is 5.72. The lowest BCUT2D eigenvalue weighted by Gasteiger charge is -2.25. The Morgan fingerprint density at radius 1 is 1.32 bits per heavy atom. The number of aryl methyl sites for hydroxylation is 1. The number of benzene rings is 1. The third-order valence-electron chi connectivity index (χ3n) is 3.04. The Labute approximate surface area is 116 Å².